The quantitative estimate of drug-likeness (QED) is 0.614. The molecule has 0 aromatic carbocycles. The second kappa shape index (κ2) is 10.4. The maximum Gasteiger partial charge on any atom is 0.303 e. The molecular formula is C11H22N2O3S. The summed E-state index contributed by atoms with van der Waals surface area (Å²) in [7, 11) is 1.93. The Morgan fingerprint density at radius 3 is 2.53 bits per heavy atom. The molecule has 17 heavy (non-hydrogen) atoms. The van der Waals surface area contributed by atoms with Crippen molar-refractivity contribution in [3.05, 3.63) is 0 Å². The Morgan fingerprint density at radius 2 is 2.12 bits per heavy atom. The van der Waals surface area contributed by atoms with Crippen LogP contribution in [0.5, 0.6) is 0 Å². The molecule has 1 heterocycles. The van der Waals surface area contributed by atoms with Crippen molar-refractivity contribution in [2.75, 3.05) is 18.6 Å². The van der Waals surface area contributed by atoms with Crippen LogP contribution in [0, 0.1) is 0 Å². The van der Waals surface area contributed by atoms with Crippen molar-refractivity contribution in [3.8, 4) is 0 Å². The van der Waals surface area contributed by atoms with E-state index in [-0.39, 0.29) is 0 Å². The Balaban J connectivity index is 0.000000325. The second-order valence-corrected chi connectivity index (χ2v) is 4.90. The topological polar surface area (TPSA) is 78.4 Å². The fourth-order valence-corrected chi connectivity index (χ4v) is 2.79. The highest BCUT2D eigenvalue weighted by Gasteiger charge is 2.25. The van der Waals surface area contributed by atoms with Gasteiger partial charge in [-0.15, -0.1) is 0 Å². The number of carboxylic acids is 1. The Hall–Kier alpha value is -0.750. The fourth-order valence-electron chi connectivity index (χ4n) is 1.42. The lowest BCUT2D eigenvalue weighted by Gasteiger charge is -2.16. The monoisotopic (exact) mass is 262 g/mol. The van der Waals surface area contributed by atoms with Crippen LogP contribution in [-0.2, 0) is 9.59 Å². The summed E-state index contributed by atoms with van der Waals surface area (Å²) in [6.45, 7) is 1.98. The molecule has 2 atom stereocenters. The molecule has 0 aromatic heterocycles. The first-order valence-electron chi connectivity index (χ1n) is 5.82. The maximum atomic E-state index is 10.1. The van der Waals surface area contributed by atoms with E-state index in [0.29, 0.717) is 18.5 Å². The van der Waals surface area contributed by atoms with E-state index < -0.39 is 5.97 Å². The molecule has 1 amide bonds. The number of unbranched alkanes of at least 4 members (excludes halogenated alkanes) is 1. The van der Waals surface area contributed by atoms with Crippen LogP contribution in [0.15, 0.2) is 0 Å². The SMILES string of the molecule is CCCCC(=O)O.CNC1CSCC1NC=O. The van der Waals surface area contributed by atoms with Crippen LogP contribution in [0.25, 0.3) is 0 Å². The summed E-state index contributed by atoms with van der Waals surface area (Å²) in [6.07, 6.45) is 2.86. The van der Waals surface area contributed by atoms with Gasteiger partial charge in [-0.3, -0.25) is 9.59 Å². The molecule has 3 N–H and O–H groups in total. The van der Waals surface area contributed by atoms with E-state index in [2.05, 4.69) is 10.6 Å². The van der Waals surface area contributed by atoms with Gasteiger partial charge in [0.1, 0.15) is 0 Å². The van der Waals surface area contributed by atoms with Crippen LogP contribution < -0.4 is 10.6 Å². The van der Waals surface area contributed by atoms with Crippen LogP contribution >= 0.6 is 11.8 Å². The largest absolute Gasteiger partial charge is 0.481 e. The highest BCUT2D eigenvalue weighted by atomic mass is 32.2. The minimum absolute atomic E-state index is 0.316. The van der Waals surface area contributed by atoms with Gasteiger partial charge >= 0.3 is 5.97 Å². The smallest absolute Gasteiger partial charge is 0.303 e. The van der Waals surface area contributed by atoms with Crippen LogP contribution in [0.4, 0.5) is 0 Å². The third-order valence-corrected chi connectivity index (χ3v) is 3.67. The number of thioether (sulfide) groups is 1. The van der Waals surface area contributed by atoms with E-state index in [1.54, 1.807) is 0 Å². The molecule has 1 aliphatic rings. The molecule has 0 spiro atoms. The van der Waals surface area contributed by atoms with E-state index >= 15 is 0 Å². The zero-order chi connectivity index (χ0) is 13.1. The first-order valence-corrected chi connectivity index (χ1v) is 6.97. The summed E-state index contributed by atoms with van der Waals surface area (Å²) < 4.78 is 0. The van der Waals surface area contributed by atoms with E-state index in [1.807, 2.05) is 25.7 Å². The van der Waals surface area contributed by atoms with Crippen molar-refractivity contribution in [2.24, 2.45) is 0 Å². The van der Waals surface area contributed by atoms with Gasteiger partial charge in [-0.1, -0.05) is 13.3 Å². The van der Waals surface area contributed by atoms with Gasteiger partial charge in [0.2, 0.25) is 6.41 Å². The molecule has 6 heteroatoms. The number of nitrogens with one attached hydrogen (secondary N) is 2. The predicted octanol–water partition coefficient (Wildman–Crippen LogP) is 0.697. The number of hydrogen-bond donors (Lipinski definition) is 3. The third-order valence-electron chi connectivity index (χ3n) is 2.48. The summed E-state index contributed by atoms with van der Waals surface area (Å²) in [6, 6.07) is 0.780. The number of carboxylic acid groups (broad SMARTS) is 1. The summed E-state index contributed by atoms with van der Waals surface area (Å²) in [4.78, 5) is 19.8. The molecule has 1 rings (SSSR count). The van der Waals surface area contributed by atoms with Gasteiger partial charge < -0.3 is 15.7 Å². The Labute approximate surface area is 107 Å². The molecule has 0 aliphatic carbocycles. The van der Waals surface area contributed by atoms with Crippen molar-refractivity contribution in [1.82, 2.24) is 10.6 Å². The van der Waals surface area contributed by atoms with E-state index in [9.17, 15) is 9.59 Å². The Kier molecular flexibility index (Phi) is 9.95. The zero-order valence-electron chi connectivity index (χ0n) is 10.4. The van der Waals surface area contributed by atoms with Crippen LogP contribution in [-0.4, -0.2) is 48.1 Å². The lowest BCUT2D eigenvalue weighted by molar-refractivity contribution is -0.137. The normalized spacial score (nSPS) is 22.5. The van der Waals surface area contributed by atoms with E-state index in [4.69, 9.17) is 5.11 Å². The average Bonchev–Trinajstić information content (AvgIpc) is 2.75. The number of hydrogen-bond acceptors (Lipinski definition) is 4. The van der Waals surface area contributed by atoms with E-state index in [1.165, 1.54) is 0 Å². The standard InChI is InChI=1S/C6H12N2OS.C5H10O2/c1-7-5-2-10-3-6(5)8-4-9;1-2-3-4-5(6)7/h4-7H,2-3H2,1H3,(H,8,9);2-4H2,1H3,(H,6,7). The summed E-state index contributed by atoms with van der Waals surface area (Å²) in [5, 5.41) is 14.0. The second-order valence-electron chi connectivity index (χ2n) is 3.82. The lowest BCUT2D eigenvalue weighted by atomic mass is 10.2. The maximum absolute atomic E-state index is 10.1. The van der Waals surface area contributed by atoms with Crippen LogP contribution in [0.2, 0.25) is 0 Å². The van der Waals surface area contributed by atoms with Gasteiger partial charge in [-0.05, 0) is 13.5 Å². The number of aliphatic carboxylic acids is 1. The summed E-state index contributed by atoms with van der Waals surface area (Å²) in [5.41, 5.74) is 0. The van der Waals surface area contributed by atoms with Gasteiger partial charge in [0.15, 0.2) is 0 Å². The van der Waals surface area contributed by atoms with Crippen molar-refractivity contribution < 1.29 is 14.7 Å². The van der Waals surface area contributed by atoms with Crippen molar-refractivity contribution in [3.63, 3.8) is 0 Å². The van der Waals surface area contributed by atoms with Gasteiger partial charge in [-0.25, -0.2) is 0 Å². The molecule has 2 unspecified atom stereocenters. The van der Waals surface area contributed by atoms with Crippen molar-refractivity contribution in [1.29, 1.82) is 0 Å². The number of amides is 1. The molecule has 1 saturated heterocycles. The van der Waals surface area contributed by atoms with Gasteiger partial charge in [-0.2, -0.15) is 11.8 Å². The molecular weight excluding hydrogens is 240 g/mol. The minimum atomic E-state index is -0.693. The molecule has 0 saturated carbocycles. The van der Waals surface area contributed by atoms with Crippen LogP contribution in [0.1, 0.15) is 26.2 Å². The molecule has 0 radical (unpaired) electrons. The van der Waals surface area contributed by atoms with Crippen molar-refractivity contribution in [2.45, 2.75) is 38.3 Å². The molecule has 5 nitrogen and oxygen atoms in total. The molecule has 100 valence electrons. The Bertz CT molecular complexity index is 227. The zero-order valence-corrected chi connectivity index (χ0v) is 11.3. The molecule has 1 aliphatic heterocycles. The third kappa shape index (κ3) is 8.04. The number of carbonyl (C=O) groups excluding carboxylic acids is 1. The first-order chi connectivity index (χ1) is 8.15. The van der Waals surface area contributed by atoms with E-state index in [0.717, 1.165) is 30.8 Å². The first kappa shape index (κ1) is 16.2. The average molecular weight is 262 g/mol. The molecule has 1 fully saturated rings. The van der Waals surface area contributed by atoms with Crippen molar-refractivity contribution >= 4 is 24.1 Å². The minimum Gasteiger partial charge on any atom is -0.481 e. The lowest BCUT2D eigenvalue weighted by Crippen LogP contribution is -2.45. The fraction of sp³-hybridized carbons (Fsp3) is 0.818. The Morgan fingerprint density at radius 1 is 1.47 bits per heavy atom. The number of carbonyl (C=O) groups is 2. The van der Waals surface area contributed by atoms with Gasteiger partial charge in [0, 0.05) is 24.0 Å². The summed E-state index contributed by atoms with van der Waals surface area (Å²) >= 11 is 1.87. The number of rotatable bonds is 6. The highest BCUT2D eigenvalue weighted by Crippen LogP contribution is 2.17. The van der Waals surface area contributed by atoms with Gasteiger partial charge in [0.05, 0.1) is 6.04 Å². The highest BCUT2D eigenvalue weighted by molar-refractivity contribution is 7.99. The molecule has 0 bridgehead atoms. The number of likely N-dealkylation sites (N-methyl/N-ethyl adjacent to an activating group) is 1. The molecule has 0 aromatic rings. The van der Waals surface area contributed by atoms with Crippen LogP contribution in [0.3, 0.4) is 0 Å². The predicted molar refractivity (Wildman–Crippen MR) is 70.3 cm³/mol. The van der Waals surface area contributed by atoms with Gasteiger partial charge in [0.25, 0.3) is 0 Å². The summed E-state index contributed by atoms with van der Waals surface area (Å²) in [5.74, 6) is 1.44.